The van der Waals surface area contributed by atoms with Crippen LogP contribution in [0.5, 0.6) is 5.75 Å². The number of ether oxygens (including phenoxy) is 1. The number of rotatable bonds is 8. The van der Waals surface area contributed by atoms with E-state index in [0.29, 0.717) is 18.6 Å². The summed E-state index contributed by atoms with van der Waals surface area (Å²) in [5.74, 6) is 0.119. The molecule has 5 heteroatoms. The van der Waals surface area contributed by atoms with Gasteiger partial charge in [-0.05, 0) is 38.8 Å². The third-order valence-electron chi connectivity index (χ3n) is 3.68. The van der Waals surface area contributed by atoms with E-state index in [9.17, 15) is 14.4 Å². The molecule has 0 aliphatic carbocycles. The van der Waals surface area contributed by atoms with Crippen LogP contribution >= 0.6 is 0 Å². The molecule has 0 bridgehead atoms. The minimum absolute atomic E-state index is 0.0646. The van der Waals surface area contributed by atoms with Crippen molar-refractivity contribution in [3.8, 4) is 5.75 Å². The number of aryl methyl sites for hydroxylation is 2. The van der Waals surface area contributed by atoms with E-state index >= 15 is 0 Å². The summed E-state index contributed by atoms with van der Waals surface area (Å²) >= 11 is 0. The first-order valence-corrected chi connectivity index (χ1v) is 8.43. The lowest BCUT2D eigenvalue weighted by Crippen LogP contribution is -2.16. The molecule has 0 unspecified atom stereocenters. The molecule has 0 amide bonds. The van der Waals surface area contributed by atoms with Crippen molar-refractivity contribution in [3.63, 3.8) is 0 Å². The van der Waals surface area contributed by atoms with Gasteiger partial charge in [0.05, 0.1) is 6.61 Å². The van der Waals surface area contributed by atoms with E-state index in [1.54, 1.807) is 13.0 Å². The number of hydrogen-bond donors (Lipinski definition) is 0. The Hall–Kier alpha value is -2.95. The summed E-state index contributed by atoms with van der Waals surface area (Å²) in [6, 6.07) is 9.17. The van der Waals surface area contributed by atoms with Gasteiger partial charge < -0.3 is 13.9 Å². The largest absolute Gasteiger partial charge is 0.492 e. The maximum atomic E-state index is 12.5. The molecule has 26 heavy (non-hydrogen) atoms. The molecule has 0 saturated heterocycles. The number of carbonyl (C=O) groups excluding carboxylic acids is 2. The van der Waals surface area contributed by atoms with E-state index < -0.39 is 11.4 Å². The number of Topliss-reactive ketones (excluding diaryl/α,β-unsaturated/α-hetero) is 1. The van der Waals surface area contributed by atoms with Crippen LogP contribution in [-0.2, 0) is 4.79 Å². The molecule has 1 heterocycles. The van der Waals surface area contributed by atoms with Gasteiger partial charge in [0.2, 0.25) is 0 Å². The average molecular weight is 354 g/mol. The van der Waals surface area contributed by atoms with Gasteiger partial charge in [0.25, 0.3) is 0 Å². The van der Waals surface area contributed by atoms with Crippen molar-refractivity contribution < 1.29 is 18.7 Å². The fourth-order valence-corrected chi connectivity index (χ4v) is 2.45. The summed E-state index contributed by atoms with van der Waals surface area (Å²) in [7, 11) is 0. The lowest BCUT2D eigenvalue weighted by Gasteiger charge is -2.09. The molecular formula is C21H22O5. The maximum Gasteiger partial charge on any atom is 0.351 e. The summed E-state index contributed by atoms with van der Waals surface area (Å²) in [6.45, 7) is 5.32. The van der Waals surface area contributed by atoms with Gasteiger partial charge in [0.15, 0.2) is 5.78 Å². The lowest BCUT2D eigenvalue weighted by molar-refractivity contribution is -0.117. The molecule has 0 atom stereocenters. The molecule has 0 N–H and O–H groups in total. The lowest BCUT2D eigenvalue weighted by atomic mass is 10.1. The van der Waals surface area contributed by atoms with Gasteiger partial charge in [-0.25, -0.2) is 4.79 Å². The highest BCUT2D eigenvalue weighted by molar-refractivity contribution is 6.08. The predicted molar refractivity (Wildman–Crippen MR) is 99.7 cm³/mol. The zero-order valence-electron chi connectivity index (χ0n) is 15.2. The van der Waals surface area contributed by atoms with Crippen molar-refractivity contribution >= 4 is 17.6 Å². The topological polar surface area (TPSA) is 73.6 Å². The van der Waals surface area contributed by atoms with Gasteiger partial charge in [-0.2, -0.15) is 0 Å². The van der Waals surface area contributed by atoms with Crippen molar-refractivity contribution in [3.05, 3.63) is 69.3 Å². The molecule has 2 rings (SSSR count). The van der Waals surface area contributed by atoms with Crippen molar-refractivity contribution in [1.82, 2.24) is 0 Å². The van der Waals surface area contributed by atoms with Crippen molar-refractivity contribution in [2.75, 3.05) is 6.61 Å². The second kappa shape index (κ2) is 8.94. The first-order valence-electron chi connectivity index (χ1n) is 8.43. The standard InChI is InChI=1S/C21H22O5/c1-14-6-4-8-17(12-14)9-10-18(23)20-19(13-16(3)26-21(20)24)25-11-5-7-15(2)22/h4,6,8-10,12-13H,5,7,11H2,1-3H3/b10-9+. The van der Waals surface area contributed by atoms with Crippen molar-refractivity contribution in [2.45, 2.75) is 33.6 Å². The quantitative estimate of drug-likeness (QED) is 0.408. The van der Waals surface area contributed by atoms with Crippen LogP contribution in [0.3, 0.4) is 0 Å². The number of benzene rings is 1. The molecule has 0 radical (unpaired) electrons. The van der Waals surface area contributed by atoms with E-state index in [2.05, 4.69) is 0 Å². The van der Waals surface area contributed by atoms with E-state index in [1.807, 2.05) is 31.2 Å². The Kier molecular flexibility index (Phi) is 6.67. The van der Waals surface area contributed by atoms with E-state index in [4.69, 9.17) is 9.15 Å². The third-order valence-corrected chi connectivity index (χ3v) is 3.68. The number of carbonyl (C=O) groups is 2. The molecule has 5 nitrogen and oxygen atoms in total. The molecule has 0 aliphatic heterocycles. The Balaban J connectivity index is 2.22. The fourth-order valence-electron chi connectivity index (χ4n) is 2.45. The summed E-state index contributed by atoms with van der Waals surface area (Å²) < 4.78 is 10.6. The van der Waals surface area contributed by atoms with Crippen molar-refractivity contribution in [1.29, 1.82) is 0 Å². The minimum Gasteiger partial charge on any atom is -0.492 e. The van der Waals surface area contributed by atoms with Crippen LogP contribution < -0.4 is 10.4 Å². The Labute approximate surface area is 152 Å². The fraction of sp³-hybridized carbons (Fsp3) is 0.286. The van der Waals surface area contributed by atoms with Crippen LogP contribution in [-0.4, -0.2) is 18.2 Å². The zero-order valence-corrected chi connectivity index (χ0v) is 15.2. The van der Waals surface area contributed by atoms with Gasteiger partial charge in [-0.3, -0.25) is 4.79 Å². The van der Waals surface area contributed by atoms with Gasteiger partial charge in [-0.15, -0.1) is 0 Å². The molecular weight excluding hydrogens is 332 g/mol. The number of allylic oxidation sites excluding steroid dienone is 1. The predicted octanol–water partition coefficient (Wildman–Crippen LogP) is 3.90. The summed E-state index contributed by atoms with van der Waals surface area (Å²) in [5, 5.41) is 0. The van der Waals surface area contributed by atoms with Crippen LogP contribution in [0.4, 0.5) is 0 Å². The normalized spacial score (nSPS) is 10.9. The Morgan fingerprint density at radius 1 is 1.19 bits per heavy atom. The van der Waals surface area contributed by atoms with E-state index in [1.165, 1.54) is 19.1 Å². The van der Waals surface area contributed by atoms with Gasteiger partial charge in [0.1, 0.15) is 22.9 Å². The molecule has 0 aliphatic rings. The average Bonchev–Trinajstić information content (AvgIpc) is 2.56. The molecule has 1 aromatic carbocycles. The van der Waals surface area contributed by atoms with Gasteiger partial charge in [-0.1, -0.05) is 35.9 Å². The summed E-state index contributed by atoms with van der Waals surface area (Å²) in [6.07, 6.45) is 3.88. The van der Waals surface area contributed by atoms with Gasteiger partial charge in [0, 0.05) is 12.5 Å². The van der Waals surface area contributed by atoms with E-state index in [-0.39, 0.29) is 23.7 Å². The number of ketones is 2. The Morgan fingerprint density at radius 2 is 1.96 bits per heavy atom. The number of hydrogen-bond acceptors (Lipinski definition) is 5. The third kappa shape index (κ3) is 5.55. The minimum atomic E-state index is -0.731. The SMILES string of the molecule is CC(=O)CCCOc1cc(C)oc(=O)c1C(=O)/C=C/c1cccc(C)c1. The van der Waals surface area contributed by atoms with Crippen molar-refractivity contribution in [2.24, 2.45) is 0 Å². The van der Waals surface area contributed by atoms with Gasteiger partial charge >= 0.3 is 5.63 Å². The van der Waals surface area contributed by atoms with Crippen LogP contribution in [0, 0.1) is 13.8 Å². The summed E-state index contributed by atoms with van der Waals surface area (Å²) in [5.41, 5.74) is 1.07. The highest BCUT2D eigenvalue weighted by atomic mass is 16.5. The molecule has 0 fully saturated rings. The second-order valence-corrected chi connectivity index (χ2v) is 6.15. The second-order valence-electron chi connectivity index (χ2n) is 6.15. The molecule has 136 valence electrons. The zero-order chi connectivity index (χ0) is 19.1. The van der Waals surface area contributed by atoms with Crippen LogP contribution in [0.2, 0.25) is 0 Å². The molecule has 0 spiro atoms. The van der Waals surface area contributed by atoms with Crippen LogP contribution in [0.25, 0.3) is 6.08 Å². The van der Waals surface area contributed by atoms with Crippen LogP contribution in [0.15, 0.2) is 45.6 Å². The monoisotopic (exact) mass is 354 g/mol. The first kappa shape index (κ1) is 19.4. The Morgan fingerprint density at radius 3 is 2.65 bits per heavy atom. The smallest absolute Gasteiger partial charge is 0.351 e. The first-order chi connectivity index (χ1) is 12.4. The van der Waals surface area contributed by atoms with Crippen LogP contribution in [0.1, 0.15) is 47.0 Å². The molecule has 0 saturated carbocycles. The highest BCUT2D eigenvalue weighted by Crippen LogP contribution is 2.19. The van der Waals surface area contributed by atoms with E-state index in [0.717, 1.165) is 11.1 Å². The Bertz CT molecular complexity index is 890. The highest BCUT2D eigenvalue weighted by Gasteiger charge is 2.18. The molecule has 1 aromatic heterocycles. The molecule has 2 aromatic rings. The summed E-state index contributed by atoms with van der Waals surface area (Å²) in [4.78, 5) is 35.7. The maximum absolute atomic E-state index is 12.5.